The van der Waals surface area contributed by atoms with Crippen molar-refractivity contribution >= 4 is 11.3 Å². The third-order valence-corrected chi connectivity index (χ3v) is 5.09. The summed E-state index contributed by atoms with van der Waals surface area (Å²) in [4.78, 5) is 5.59. The van der Waals surface area contributed by atoms with E-state index in [1.54, 1.807) is 11.3 Å². The monoisotopic (exact) mass is 292 g/mol. The number of thiazole rings is 1. The second-order valence-electron chi connectivity index (χ2n) is 5.60. The van der Waals surface area contributed by atoms with Crippen molar-refractivity contribution in [3.63, 3.8) is 0 Å². The summed E-state index contributed by atoms with van der Waals surface area (Å²) in [5.74, 6) is -1.18. The van der Waals surface area contributed by atoms with Gasteiger partial charge in [-0.3, -0.25) is 0 Å². The molecule has 1 aromatic heterocycles. The molecule has 108 valence electrons. The molecule has 1 heterocycles. The van der Waals surface area contributed by atoms with E-state index in [1.165, 1.54) is 0 Å². The van der Waals surface area contributed by atoms with E-state index in [-0.39, 0.29) is 12.8 Å². The van der Waals surface area contributed by atoms with Crippen LogP contribution >= 0.6 is 11.3 Å². The fourth-order valence-electron chi connectivity index (χ4n) is 2.61. The van der Waals surface area contributed by atoms with Crippen molar-refractivity contribution in [3.05, 3.63) is 15.6 Å². The summed E-state index contributed by atoms with van der Waals surface area (Å²) in [5.41, 5.74) is 6.73. The molecule has 0 aliphatic heterocycles. The molecule has 0 bridgehead atoms. The van der Waals surface area contributed by atoms with Gasteiger partial charge in [0.2, 0.25) is 0 Å². The van der Waals surface area contributed by atoms with E-state index in [0.717, 1.165) is 15.6 Å². The van der Waals surface area contributed by atoms with Gasteiger partial charge in [-0.05, 0) is 39.5 Å². The number of halogens is 3. The molecule has 1 saturated carbocycles. The fraction of sp³-hybridized carbons (Fsp3) is 0.769. The molecule has 19 heavy (non-hydrogen) atoms. The zero-order chi connectivity index (χ0) is 14.3. The maximum atomic E-state index is 12.6. The molecular formula is C13H19F3N2S. The van der Waals surface area contributed by atoms with E-state index in [4.69, 9.17) is 5.73 Å². The highest BCUT2D eigenvalue weighted by atomic mass is 32.1. The van der Waals surface area contributed by atoms with Crippen LogP contribution in [0.3, 0.4) is 0 Å². The second-order valence-corrected chi connectivity index (χ2v) is 6.89. The number of hydrogen-bond donors (Lipinski definition) is 1. The Balaban J connectivity index is 1.98. The number of aryl methyl sites for hydroxylation is 2. The zero-order valence-corrected chi connectivity index (χ0v) is 12.0. The van der Waals surface area contributed by atoms with Gasteiger partial charge < -0.3 is 5.73 Å². The Labute approximate surface area is 115 Å². The van der Waals surface area contributed by atoms with Crippen molar-refractivity contribution in [1.29, 1.82) is 0 Å². The Hall–Kier alpha value is -0.620. The highest BCUT2D eigenvalue weighted by molar-refractivity contribution is 7.11. The van der Waals surface area contributed by atoms with Gasteiger partial charge in [0.1, 0.15) is 0 Å². The summed E-state index contributed by atoms with van der Waals surface area (Å²) in [7, 11) is 0. The summed E-state index contributed by atoms with van der Waals surface area (Å²) in [6, 6.07) is 0. The molecule has 2 rings (SSSR count). The fourth-order valence-corrected chi connectivity index (χ4v) is 3.70. The predicted molar refractivity (Wildman–Crippen MR) is 70.2 cm³/mol. The molecule has 2 nitrogen and oxygen atoms in total. The Morgan fingerprint density at radius 1 is 1.32 bits per heavy atom. The second kappa shape index (κ2) is 5.05. The molecule has 1 fully saturated rings. The van der Waals surface area contributed by atoms with Gasteiger partial charge >= 0.3 is 6.18 Å². The Morgan fingerprint density at radius 2 is 1.89 bits per heavy atom. The molecular weight excluding hydrogens is 273 g/mol. The van der Waals surface area contributed by atoms with Crippen LogP contribution in [0.2, 0.25) is 0 Å². The van der Waals surface area contributed by atoms with Crippen LogP contribution in [0, 0.1) is 19.8 Å². The van der Waals surface area contributed by atoms with Crippen LogP contribution < -0.4 is 5.73 Å². The molecule has 0 saturated heterocycles. The van der Waals surface area contributed by atoms with Crippen LogP contribution in [0.4, 0.5) is 13.2 Å². The zero-order valence-electron chi connectivity index (χ0n) is 11.2. The first-order chi connectivity index (χ1) is 8.70. The van der Waals surface area contributed by atoms with Crippen LogP contribution in [0.5, 0.6) is 0 Å². The van der Waals surface area contributed by atoms with E-state index in [0.29, 0.717) is 19.3 Å². The van der Waals surface area contributed by atoms with E-state index in [9.17, 15) is 13.2 Å². The lowest BCUT2D eigenvalue weighted by Gasteiger charge is -2.37. The van der Waals surface area contributed by atoms with Gasteiger partial charge in [-0.15, -0.1) is 11.3 Å². The van der Waals surface area contributed by atoms with E-state index >= 15 is 0 Å². The van der Waals surface area contributed by atoms with Gasteiger partial charge in [0.05, 0.1) is 16.6 Å². The molecule has 1 aliphatic rings. The largest absolute Gasteiger partial charge is 0.391 e. The number of nitrogens with two attached hydrogens (primary N) is 1. The Bertz CT molecular complexity index is 426. The van der Waals surface area contributed by atoms with E-state index in [1.807, 2.05) is 13.8 Å². The number of hydrogen-bond acceptors (Lipinski definition) is 3. The molecule has 0 amide bonds. The third kappa shape index (κ3) is 3.48. The molecule has 0 atom stereocenters. The number of nitrogens with zero attached hydrogens (tertiary/aromatic N) is 1. The smallest absolute Gasteiger partial charge is 0.325 e. The van der Waals surface area contributed by atoms with Gasteiger partial charge in [0.15, 0.2) is 0 Å². The molecule has 0 radical (unpaired) electrons. The van der Waals surface area contributed by atoms with E-state index in [2.05, 4.69) is 4.98 Å². The van der Waals surface area contributed by atoms with Crippen LogP contribution in [0.25, 0.3) is 0 Å². The lowest BCUT2D eigenvalue weighted by atomic mass is 9.75. The Kier molecular flexibility index (Phi) is 3.93. The molecule has 1 aliphatic carbocycles. The maximum absolute atomic E-state index is 12.6. The molecule has 0 unspecified atom stereocenters. The predicted octanol–water partition coefficient (Wildman–Crippen LogP) is 3.75. The van der Waals surface area contributed by atoms with Gasteiger partial charge in [-0.25, -0.2) is 4.98 Å². The highest BCUT2D eigenvalue weighted by Gasteiger charge is 2.44. The van der Waals surface area contributed by atoms with Crippen molar-refractivity contribution in [2.24, 2.45) is 11.7 Å². The van der Waals surface area contributed by atoms with Crippen molar-refractivity contribution < 1.29 is 13.2 Å². The number of alkyl halides is 3. The van der Waals surface area contributed by atoms with Crippen molar-refractivity contribution in [1.82, 2.24) is 4.98 Å². The van der Waals surface area contributed by atoms with Crippen LogP contribution in [0.1, 0.15) is 41.3 Å². The minimum absolute atomic E-state index is 0.142. The lowest BCUT2D eigenvalue weighted by molar-refractivity contribution is -0.184. The summed E-state index contributed by atoms with van der Waals surface area (Å²) in [6.07, 6.45) is -2.34. The van der Waals surface area contributed by atoms with Crippen molar-refractivity contribution in [3.8, 4) is 0 Å². The minimum atomic E-state index is -4.07. The lowest BCUT2D eigenvalue weighted by Crippen LogP contribution is -2.47. The van der Waals surface area contributed by atoms with Crippen LogP contribution in [-0.4, -0.2) is 16.7 Å². The minimum Gasteiger partial charge on any atom is -0.325 e. The first kappa shape index (κ1) is 14.8. The normalized spacial score (nSPS) is 28.6. The molecule has 1 aromatic rings. The molecule has 2 N–H and O–H groups in total. The average Bonchev–Trinajstić information content (AvgIpc) is 2.56. The van der Waals surface area contributed by atoms with Crippen LogP contribution in [0.15, 0.2) is 0 Å². The first-order valence-corrected chi connectivity index (χ1v) is 7.30. The Morgan fingerprint density at radius 3 is 2.32 bits per heavy atom. The summed E-state index contributed by atoms with van der Waals surface area (Å²) in [6.45, 7) is 3.94. The average molecular weight is 292 g/mol. The van der Waals surface area contributed by atoms with Crippen molar-refractivity contribution in [2.75, 3.05) is 0 Å². The van der Waals surface area contributed by atoms with Crippen LogP contribution in [-0.2, 0) is 6.42 Å². The number of aromatic nitrogens is 1. The van der Waals surface area contributed by atoms with Crippen molar-refractivity contribution in [2.45, 2.75) is 57.7 Å². The quantitative estimate of drug-likeness (QED) is 0.901. The SMILES string of the molecule is Cc1nc(CC2(N)CCC(C(F)(F)F)CC2)sc1C. The highest BCUT2D eigenvalue weighted by Crippen LogP contribution is 2.41. The molecule has 0 spiro atoms. The third-order valence-electron chi connectivity index (χ3n) is 4.02. The first-order valence-electron chi connectivity index (χ1n) is 6.48. The van der Waals surface area contributed by atoms with E-state index < -0.39 is 17.6 Å². The summed E-state index contributed by atoms with van der Waals surface area (Å²) in [5, 5.41) is 0.947. The maximum Gasteiger partial charge on any atom is 0.391 e. The molecule has 0 aromatic carbocycles. The van der Waals surface area contributed by atoms with Gasteiger partial charge in [-0.2, -0.15) is 13.2 Å². The molecule has 6 heteroatoms. The standard InChI is InChI=1S/C13H19F3N2S/c1-8-9(2)19-11(18-8)7-12(17)5-3-10(4-6-12)13(14,15)16/h10H,3-7,17H2,1-2H3. The summed E-state index contributed by atoms with van der Waals surface area (Å²) < 4.78 is 37.9. The van der Waals surface area contributed by atoms with Gasteiger partial charge in [0.25, 0.3) is 0 Å². The number of rotatable bonds is 2. The summed E-state index contributed by atoms with van der Waals surface area (Å²) >= 11 is 1.60. The van der Waals surface area contributed by atoms with Gasteiger partial charge in [0, 0.05) is 16.8 Å². The van der Waals surface area contributed by atoms with Gasteiger partial charge in [-0.1, -0.05) is 0 Å². The topological polar surface area (TPSA) is 38.9 Å².